The normalized spacial score (nSPS) is 12.2. The summed E-state index contributed by atoms with van der Waals surface area (Å²) >= 11 is 1.14. The summed E-state index contributed by atoms with van der Waals surface area (Å²) in [7, 11) is 3.08. The molecule has 0 spiro atoms. The number of rotatable bonds is 10. The first-order valence-electron chi connectivity index (χ1n) is 10.00. The third-order valence-corrected chi connectivity index (χ3v) is 5.46. The van der Waals surface area contributed by atoms with Crippen LogP contribution in [0.5, 0.6) is 11.5 Å². The topological polar surface area (TPSA) is 125 Å². The quantitative estimate of drug-likeness (QED) is 0.197. The Morgan fingerprint density at radius 1 is 1.18 bits per heavy atom. The van der Waals surface area contributed by atoms with Gasteiger partial charge in [0.1, 0.15) is 17.5 Å². The maximum absolute atomic E-state index is 13.6. The number of Topliss-reactive ketones (excluding diaryl/α,β-unsaturated/α-hetero) is 1. The lowest BCUT2D eigenvalue weighted by molar-refractivity contribution is 0.0991. The zero-order valence-electron chi connectivity index (χ0n) is 18.5. The number of aromatic nitrogens is 1. The minimum atomic E-state index is -1.11. The maximum atomic E-state index is 13.6. The van der Waals surface area contributed by atoms with Gasteiger partial charge in [0.05, 0.1) is 43.6 Å². The number of benzene rings is 2. The van der Waals surface area contributed by atoms with Crippen LogP contribution in [0.25, 0.3) is 11.3 Å². The Balaban J connectivity index is 2.00. The smallest absolute Gasteiger partial charge is 0.194 e. The molecule has 8 nitrogen and oxygen atoms in total. The van der Waals surface area contributed by atoms with Crippen molar-refractivity contribution in [1.82, 2.24) is 4.37 Å². The number of hydrogen-bond acceptors (Lipinski definition) is 9. The Labute approximate surface area is 195 Å². The van der Waals surface area contributed by atoms with Gasteiger partial charge in [-0.05, 0) is 66.5 Å². The van der Waals surface area contributed by atoms with E-state index in [2.05, 4.69) is 9.69 Å². The van der Waals surface area contributed by atoms with Crippen molar-refractivity contribution in [3.8, 4) is 22.8 Å². The second kappa shape index (κ2) is 10.8. The summed E-state index contributed by atoms with van der Waals surface area (Å²) in [5.74, 6) is 0.696. The van der Waals surface area contributed by atoms with Gasteiger partial charge in [-0.1, -0.05) is 0 Å². The monoisotopic (exact) mass is 467 g/mol. The van der Waals surface area contributed by atoms with Crippen molar-refractivity contribution < 1.29 is 24.5 Å². The van der Waals surface area contributed by atoms with E-state index in [1.807, 2.05) is 12.1 Å². The first kappa shape index (κ1) is 24.0. The predicted molar refractivity (Wildman–Crippen MR) is 129 cm³/mol. The number of anilines is 1. The number of nitrogens with one attached hydrogen (secondary N) is 2. The van der Waals surface area contributed by atoms with Gasteiger partial charge in [0.15, 0.2) is 5.78 Å². The molecule has 1 heterocycles. The summed E-state index contributed by atoms with van der Waals surface area (Å²) in [5.41, 5.74) is 2.53. The molecule has 33 heavy (non-hydrogen) atoms. The molecule has 1 unspecified atom stereocenters. The zero-order chi connectivity index (χ0) is 24.0. The first-order chi connectivity index (χ1) is 15.9. The highest BCUT2D eigenvalue weighted by Gasteiger charge is 2.28. The fourth-order valence-electron chi connectivity index (χ4n) is 3.24. The van der Waals surface area contributed by atoms with Gasteiger partial charge in [-0.25, -0.2) is 0 Å². The molecule has 0 aliphatic heterocycles. The third kappa shape index (κ3) is 5.76. The maximum Gasteiger partial charge on any atom is 0.194 e. The number of carbonyl (C=O) groups is 1. The molecule has 3 rings (SSSR count). The van der Waals surface area contributed by atoms with Crippen molar-refractivity contribution in [3.63, 3.8) is 0 Å². The van der Waals surface area contributed by atoms with Gasteiger partial charge in [0.25, 0.3) is 0 Å². The fraction of sp³-hybridized carbons (Fsp3) is 0.208. The number of aliphatic hydroxyl groups excluding tert-OH is 2. The summed E-state index contributed by atoms with van der Waals surface area (Å²) in [6.07, 6.45) is 1.22. The van der Waals surface area contributed by atoms with Crippen LogP contribution in [-0.2, 0) is 6.61 Å². The van der Waals surface area contributed by atoms with E-state index >= 15 is 0 Å². The van der Waals surface area contributed by atoms with E-state index in [-0.39, 0.29) is 23.9 Å². The Bertz CT molecular complexity index is 1140. The average molecular weight is 468 g/mol. The van der Waals surface area contributed by atoms with Crippen LogP contribution >= 0.6 is 11.5 Å². The lowest BCUT2D eigenvalue weighted by Gasteiger charge is -2.20. The average Bonchev–Trinajstić information content (AvgIpc) is 3.31. The van der Waals surface area contributed by atoms with E-state index in [9.17, 15) is 15.0 Å². The van der Waals surface area contributed by atoms with Crippen molar-refractivity contribution in [2.75, 3.05) is 19.5 Å². The van der Waals surface area contributed by atoms with Gasteiger partial charge in [0.2, 0.25) is 0 Å². The molecule has 0 aliphatic rings. The molecule has 1 atom stereocenters. The van der Waals surface area contributed by atoms with Crippen LogP contribution < -0.4 is 14.8 Å². The molecule has 0 radical (unpaired) electrons. The summed E-state index contributed by atoms with van der Waals surface area (Å²) in [6.45, 7) is 1.22. The number of hydrogen-bond donors (Lipinski definition) is 4. The zero-order valence-corrected chi connectivity index (χ0v) is 19.3. The first-order valence-corrected chi connectivity index (χ1v) is 10.8. The SMILES string of the molecule is COc1ccc(-c2nscc2C(=O)C(Nc2cc(CO)cc(OC)c2)C(=N)/C=C(/C)O)cc1. The van der Waals surface area contributed by atoms with Gasteiger partial charge < -0.3 is 30.4 Å². The van der Waals surface area contributed by atoms with E-state index in [1.54, 1.807) is 42.8 Å². The lowest BCUT2D eigenvalue weighted by Crippen LogP contribution is -2.36. The standard InChI is InChI=1S/C24H25N3O5S/c1-14(29)8-21(25)23(26-17-9-15(12-28)10-19(11-17)32-3)24(30)20-13-33-27-22(20)16-4-6-18(31-2)7-5-16/h4-11,13,23,25-26,28-29H,12H2,1-3H3/b14-8-,25-21?. The number of nitrogens with zero attached hydrogens (tertiary/aromatic N) is 1. The van der Waals surface area contributed by atoms with Gasteiger partial charge in [-0.3, -0.25) is 4.79 Å². The summed E-state index contributed by atoms with van der Waals surface area (Å²) < 4.78 is 14.9. The molecule has 0 saturated carbocycles. The molecule has 0 fully saturated rings. The van der Waals surface area contributed by atoms with Gasteiger partial charge >= 0.3 is 0 Å². The number of allylic oxidation sites excluding steroid dienone is 1. The summed E-state index contributed by atoms with van der Waals surface area (Å²) in [6, 6.07) is 11.1. The molecule has 0 aliphatic carbocycles. The van der Waals surface area contributed by atoms with E-state index in [4.69, 9.17) is 14.9 Å². The molecule has 172 valence electrons. The Kier molecular flexibility index (Phi) is 7.81. The highest BCUT2D eigenvalue weighted by molar-refractivity contribution is 7.04. The Morgan fingerprint density at radius 2 is 1.88 bits per heavy atom. The van der Waals surface area contributed by atoms with E-state index < -0.39 is 6.04 Å². The van der Waals surface area contributed by atoms with Crippen LogP contribution in [0, 0.1) is 5.41 Å². The molecule has 3 aromatic rings. The lowest BCUT2D eigenvalue weighted by atomic mass is 9.97. The minimum absolute atomic E-state index is 0.0971. The predicted octanol–water partition coefficient (Wildman–Crippen LogP) is 4.46. The van der Waals surface area contributed by atoms with E-state index in [0.717, 1.165) is 17.1 Å². The van der Waals surface area contributed by atoms with Crippen molar-refractivity contribution in [2.45, 2.75) is 19.6 Å². The highest BCUT2D eigenvalue weighted by Crippen LogP contribution is 2.29. The number of ketones is 1. The summed E-state index contributed by atoms with van der Waals surface area (Å²) in [5, 5.41) is 32.4. The van der Waals surface area contributed by atoms with Crippen molar-refractivity contribution >= 4 is 28.7 Å². The van der Waals surface area contributed by atoms with Gasteiger partial charge in [-0.2, -0.15) is 4.37 Å². The van der Waals surface area contributed by atoms with Gasteiger partial charge in [-0.15, -0.1) is 0 Å². The van der Waals surface area contributed by atoms with Crippen molar-refractivity contribution in [1.29, 1.82) is 5.41 Å². The molecular weight excluding hydrogens is 442 g/mol. The molecular formula is C24H25N3O5S. The highest BCUT2D eigenvalue weighted by atomic mass is 32.1. The molecule has 1 aromatic heterocycles. The van der Waals surface area contributed by atoms with Crippen LogP contribution in [0.3, 0.4) is 0 Å². The van der Waals surface area contributed by atoms with Crippen LogP contribution in [0.2, 0.25) is 0 Å². The molecule has 0 bridgehead atoms. The minimum Gasteiger partial charge on any atom is -0.513 e. The fourth-order valence-corrected chi connectivity index (χ4v) is 3.93. The number of ether oxygens (including phenoxy) is 2. The number of aliphatic hydroxyl groups is 2. The van der Waals surface area contributed by atoms with Crippen LogP contribution in [-0.4, -0.2) is 46.3 Å². The van der Waals surface area contributed by atoms with E-state index in [1.165, 1.54) is 20.1 Å². The third-order valence-electron chi connectivity index (χ3n) is 4.83. The Morgan fingerprint density at radius 3 is 2.48 bits per heavy atom. The number of carbonyl (C=O) groups excluding carboxylic acids is 1. The Hall–Kier alpha value is -3.69. The molecule has 2 aromatic carbocycles. The van der Waals surface area contributed by atoms with Crippen LogP contribution in [0.4, 0.5) is 5.69 Å². The second-order valence-corrected chi connectivity index (χ2v) is 7.84. The number of methoxy groups -OCH3 is 2. The molecule has 4 N–H and O–H groups in total. The molecule has 0 amide bonds. The van der Waals surface area contributed by atoms with Crippen molar-refractivity contribution in [2.24, 2.45) is 0 Å². The largest absolute Gasteiger partial charge is 0.513 e. The van der Waals surface area contributed by atoms with E-state index in [0.29, 0.717) is 34.0 Å². The second-order valence-electron chi connectivity index (χ2n) is 7.22. The van der Waals surface area contributed by atoms with Crippen LogP contribution in [0.15, 0.2) is 59.7 Å². The summed E-state index contributed by atoms with van der Waals surface area (Å²) in [4.78, 5) is 13.6. The van der Waals surface area contributed by atoms with Crippen molar-refractivity contribution in [3.05, 3.63) is 70.8 Å². The van der Waals surface area contributed by atoms with Gasteiger partial charge in [0, 0.05) is 22.7 Å². The van der Waals surface area contributed by atoms with Crippen LogP contribution in [0.1, 0.15) is 22.8 Å². The molecule has 9 heteroatoms. The molecule has 0 saturated heterocycles.